The van der Waals surface area contributed by atoms with E-state index in [2.05, 4.69) is 10.3 Å². The third kappa shape index (κ3) is 5.26. The van der Waals surface area contributed by atoms with Gasteiger partial charge in [0, 0.05) is 12.2 Å². The van der Waals surface area contributed by atoms with E-state index in [4.69, 9.17) is 16.3 Å². The van der Waals surface area contributed by atoms with Gasteiger partial charge in [-0.2, -0.15) is 0 Å². The van der Waals surface area contributed by atoms with Crippen molar-refractivity contribution < 1.29 is 14.3 Å². The Labute approximate surface area is 117 Å². The van der Waals surface area contributed by atoms with E-state index in [9.17, 15) is 9.59 Å². The van der Waals surface area contributed by atoms with Crippen molar-refractivity contribution in [3.8, 4) is 0 Å². The second-order valence-electron chi connectivity index (χ2n) is 4.02. The number of carbonyl (C=O) groups is 2. The standard InChI is InChI=1S/C13H17ClN2O3/c1-3-10(4-2)16-12(17)8-19-13(18)9-5-6-15-11(14)7-9/h5-7,10H,3-4,8H2,1-2H3,(H,16,17). The Balaban J connectivity index is 2.44. The first-order chi connectivity index (χ1) is 9.06. The van der Waals surface area contributed by atoms with E-state index in [1.165, 1.54) is 18.3 Å². The number of rotatable bonds is 6. The summed E-state index contributed by atoms with van der Waals surface area (Å²) >= 11 is 5.66. The molecule has 0 aromatic carbocycles. The summed E-state index contributed by atoms with van der Waals surface area (Å²) in [6.07, 6.45) is 3.09. The van der Waals surface area contributed by atoms with Crippen LogP contribution in [0.25, 0.3) is 0 Å². The molecule has 0 fully saturated rings. The van der Waals surface area contributed by atoms with Crippen LogP contribution in [0.4, 0.5) is 0 Å². The number of nitrogens with zero attached hydrogens (tertiary/aromatic N) is 1. The summed E-state index contributed by atoms with van der Waals surface area (Å²) in [6, 6.07) is 2.98. The lowest BCUT2D eigenvalue weighted by molar-refractivity contribution is -0.125. The molecule has 0 spiro atoms. The van der Waals surface area contributed by atoms with Crippen molar-refractivity contribution in [3.05, 3.63) is 29.0 Å². The Bertz CT molecular complexity index is 447. The molecule has 0 aliphatic carbocycles. The molecule has 0 bridgehead atoms. The second-order valence-corrected chi connectivity index (χ2v) is 4.41. The van der Waals surface area contributed by atoms with Crippen molar-refractivity contribution in [2.45, 2.75) is 32.7 Å². The molecule has 0 radical (unpaired) electrons. The largest absolute Gasteiger partial charge is 0.452 e. The fourth-order valence-corrected chi connectivity index (χ4v) is 1.68. The molecular weight excluding hydrogens is 268 g/mol. The van der Waals surface area contributed by atoms with E-state index in [-0.39, 0.29) is 29.3 Å². The maximum atomic E-state index is 11.6. The highest BCUT2D eigenvalue weighted by atomic mass is 35.5. The lowest BCUT2D eigenvalue weighted by atomic mass is 10.2. The van der Waals surface area contributed by atoms with Crippen molar-refractivity contribution in [2.24, 2.45) is 0 Å². The monoisotopic (exact) mass is 284 g/mol. The quantitative estimate of drug-likeness (QED) is 0.642. The topological polar surface area (TPSA) is 68.3 Å². The van der Waals surface area contributed by atoms with Crippen LogP contribution in [0, 0.1) is 0 Å². The van der Waals surface area contributed by atoms with Gasteiger partial charge in [-0.3, -0.25) is 4.79 Å². The number of hydrogen-bond acceptors (Lipinski definition) is 4. The van der Waals surface area contributed by atoms with Gasteiger partial charge in [0.1, 0.15) is 5.15 Å². The molecule has 0 unspecified atom stereocenters. The van der Waals surface area contributed by atoms with Crippen molar-refractivity contribution in [2.75, 3.05) is 6.61 Å². The first-order valence-electron chi connectivity index (χ1n) is 6.14. The first-order valence-corrected chi connectivity index (χ1v) is 6.52. The zero-order chi connectivity index (χ0) is 14.3. The van der Waals surface area contributed by atoms with Crippen LogP contribution >= 0.6 is 11.6 Å². The summed E-state index contributed by atoms with van der Waals surface area (Å²) < 4.78 is 4.90. The lowest BCUT2D eigenvalue weighted by Crippen LogP contribution is -2.36. The molecule has 5 nitrogen and oxygen atoms in total. The average Bonchev–Trinajstić information content (AvgIpc) is 2.42. The molecule has 1 N–H and O–H groups in total. The van der Waals surface area contributed by atoms with Gasteiger partial charge in [0.25, 0.3) is 5.91 Å². The van der Waals surface area contributed by atoms with Gasteiger partial charge in [-0.15, -0.1) is 0 Å². The minimum absolute atomic E-state index is 0.113. The minimum Gasteiger partial charge on any atom is -0.452 e. The van der Waals surface area contributed by atoms with Crippen molar-refractivity contribution in [1.82, 2.24) is 10.3 Å². The maximum Gasteiger partial charge on any atom is 0.338 e. The van der Waals surface area contributed by atoms with Crippen molar-refractivity contribution in [1.29, 1.82) is 0 Å². The fraction of sp³-hybridized carbons (Fsp3) is 0.462. The zero-order valence-electron chi connectivity index (χ0n) is 11.0. The van der Waals surface area contributed by atoms with Crippen LogP contribution in [-0.2, 0) is 9.53 Å². The SMILES string of the molecule is CCC(CC)NC(=O)COC(=O)c1ccnc(Cl)c1. The lowest BCUT2D eigenvalue weighted by Gasteiger charge is -2.14. The Morgan fingerprint density at radius 3 is 2.68 bits per heavy atom. The molecule has 1 amide bonds. The molecule has 0 aliphatic heterocycles. The minimum atomic E-state index is -0.594. The predicted molar refractivity (Wildman–Crippen MR) is 72.0 cm³/mol. The highest BCUT2D eigenvalue weighted by Gasteiger charge is 2.12. The summed E-state index contributed by atoms with van der Waals surface area (Å²) in [5.41, 5.74) is 0.273. The Hall–Kier alpha value is -1.62. The fourth-order valence-electron chi connectivity index (χ4n) is 1.51. The molecule has 0 saturated carbocycles. The smallest absolute Gasteiger partial charge is 0.338 e. The normalized spacial score (nSPS) is 10.3. The molecule has 104 valence electrons. The number of aromatic nitrogens is 1. The van der Waals surface area contributed by atoms with Gasteiger partial charge in [-0.25, -0.2) is 9.78 Å². The molecule has 0 aliphatic rings. The summed E-state index contributed by atoms with van der Waals surface area (Å²) in [6.45, 7) is 3.67. The molecule has 19 heavy (non-hydrogen) atoms. The molecule has 1 heterocycles. The van der Waals surface area contributed by atoms with Crippen LogP contribution in [0.5, 0.6) is 0 Å². The van der Waals surface area contributed by atoms with E-state index < -0.39 is 5.97 Å². The number of halogens is 1. The van der Waals surface area contributed by atoms with Gasteiger partial charge in [0.05, 0.1) is 5.56 Å². The van der Waals surface area contributed by atoms with Gasteiger partial charge in [-0.05, 0) is 25.0 Å². The number of pyridine rings is 1. The molecule has 1 aromatic heterocycles. The van der Waals surface area contributed by atoms with E-state index in [0.717, 1.165) is 12.8 Å². The highest BCUT2D eigenvalue weighted by molar-refractivity contribution is 6.29. The first kappa shape index (κ1) is 15.4. The third-order valence-electron chi connectivity index (χ3n) is 2.65. The summed E-state index contributed by atoms with van der Waals surface area (Å²) in [4.78, 5) is 26.9. The Kier molecular flexibility index (Phi) is 6.29. The average molecular weight is 285 g/mol. The number of hydrogen-bond donors (Lipinski definition) is 1. The molecule has 1 rings (SSSR count). The molecule has 6 heteroatoms. The zero-order valence-corrected chi connectivity index (χ0v) is 11.7. The molecule has 0 atom stereocenters. The maximum absolute atomic E-state index is 11.6. The summed E-state index contributed by atoms with van der Waals surface area (Å²) in [5, 5.41) is 2.98. The number of ether oxygens (including phenoxy) is 1. The Morgan fingerprint density at radius 2 is 2.11 bits per heavy atom. The highest BCUT2D eigenvalue weighted by Crippen LogP contribution is 2.08. The number of esters is 1. The number of amides is 1. The molecule has 1 aromatic rings. The van der Waals surface area contributed by atoms with Gasteiger partial charge in [0.15, 0.2) is 6.61 Å². The Morgan fingerprint density at radius 1 is 1.42 bits per heavy atom. The van der Waals surface area contributed by atoms with Gasteiger partial charge < -0.3 is 10.1 Å². The van der Waals surface area contributed by atoms with Crippen LogP contribution in [0.15, 0.2) is 18.3 Å². The van der Waals surface area contributed by atoms with Crippen LogP contribution in [0.2, 0.25) is 5.15 Å². The number of nitrogens with one attached hydrogen (secondary N) is 1. The summed E-state index contributed by atoms with van der Waals surface area (Å²) in [7, 11) is 0. The van der Waals surface area contributed by atoms with Gasteiger partial charge in [0.2, 0.25) is 0 Å². The van der Waals surface area contributed by atoms with Crippen LogP contribution in [0.3, 0.4) is 0 Å². The van der Waals surface area contributed by atoms with Gasteiger partial charge in [-0.1, -0.05) is 25.4 Å². The number of carbonyl (C=O) groups excluding carboxylic acids is 2. The predicted octanol–water partition coefficient (Wildman–Crippen LogP) is 2.20. The van der Waals surface area contributed by atoms with E-state index in [0.29, 0.717) is 0 Å². The van der Waals surface area contributed by atoms with Crippen molar-refractivity contribution in [3.63, 3.8) is 0 Å². The summed E-state index contributed by atoms with van der Waals surface area (Å²) in [5.74, 6) is -0.897. The van der Waals surface area contributed by atoms with E-state index >= 15 is 0 Å². The van der Waals surface area contributed by atoms with Crippen LogP contribution in [-0.4, -0.2) is 29.5 Å². The second kappa shape index (κ2) is 7.74. The van der Waals surface area contributed by atoms with Crippen LogP contribution < -0.4 is 5.32 Å². The van der Waals surface area contributed by atoms with E-state index in [1.54, 1.807) is 0 Å². The molecule has 0 saturated heterocycles. The van der Waals surface area contributed by atoms with Gasteiger partial charge >= 0.3 is 5.97 Å². The van der Waals surface area contributed by atoms with Crippen molar-refractivity contribution >= 4 is 23.5 Å². The van der Waals surface area contributed by atoms with E-state index in [1.807, 2.05) is 13.8 Å². The van der Waals surface area contributed by atoms with Crippen LogP contribution in [0.1, 0.15) is 37.0 Å². The third-order valence-corrected chi connectivity index (χ3v) is 2.85. The molecular formula is C13H17ClN2O3.